The van der Waals surface area contributed by atoms with Gasteiger partial charge in [0.05, 0.1) is 0 Å². The van der Waals surface area contributed by atoms with Crippen molar-refractivity contribution in [2.24, 2.45) is 5.73 Å². The summed E-state index contributed by atoms with van der Waals surface area (Å²) in [6, 6.07) is 6.25. The van der Waals surface area contributed by atoms with Crippen LogP contribution in [-0.2, 0) is 6.54 Å². The molecule has 0 spiro atoms. The number of hydrogen-bond acceptors (Lipinski definition) is 3. The third kappa shape index (κ3) is 1.27. The van der Waals surface area contributed by atoms with E-state index in [9.17, 15) is 5.11 Å². The highest BCUT2D eigenvalue weighted by molar-refractivity contribution is 5.43. The molecule has 0 bridgehead atoms. The Kier molecular flexibility index (Phi) is 1.97. The molecule has 80 valence electrons. The van der Waals surface area contributed by atoms with Crippen LogP contribution in [0, 0.1) is 0 Å². The van der Waals surface area contributed by atoms with Gasteiger partial charge in [-0.2, -0.15) is 0 Å². The summed E-state index contributed by atoms with van der Waals surface area (Å²) in [6.07, 6.45) is 2.42. The van der Waals surface area contributed by atoms with Gasteiger partial charge < -0.3 is 10.8 Å². The summed E-state index contributed by atoms with van der Waals surface area (Å²) in [5.74, 6) is 0.397. The molecule has 0 aliphatic carbocycles. The Labute approximate surface area is 89.5 Å². The van der Waals surface area contributed by atoms with Gasteiger partial charge >= 0.3 is 0 Å². The normalized spacial score (nSPS) is 29.9. The summed E-state index contributed by atoms with van der Waals surface area (Å²) >= 11 is 0. The number of nitrogens with zero attached hydrogens (tertiary/aromatic N) is 1. The zero-order valence-corrected chi connectivity index (χ0v) is 8.69. The molecule has 0 radical (unpaired) electrons. The molecule has 1 unspecified atom stereocenters. The second-order valence-electron chi connectivity index (χ2n) is 4.55. The van der Waals surface area contributed by atoms with E-state index >= 15 is 0 Å². The van der Waals surface area contributed by atoms with Crippen molar-refractivity contribution < 1.29 is 5.11 Å². The van der Waals surface area contributed by atoms with Crippen molar-refractivity contribution in [3.8, 4) is 5.75 Å². The van der Waals surface area contributed by atoms with Gasteiger partial charge in [0, 0.05) is 24.2 Å². The first-order chi connectivity index (χ1) is 7.27. The summed E-state index contributed by atoms with van der Waals surface area (Å²) in [6.45, 7) is 1.98. The third-order valence-electron chi connectivity index (χ3n) is 3.74. The topological polar surface area (TPSA) is 49.5 Å². The molecule has 0 saturated carbocycles. The Bertz CT molecular complexity index is 391. The quantitative estimate of drug-likeness (QED) is 0.671. The van der Waals surface area contributed by atoms with E-state index in [1.54, 1.807) is 6.07 Å². The van der Waals surface area contributed by atoms with E-state index < -0.39 is 0 Å². The molecule has 0 aromatic heterocycles. The average molecular weight is 204 g/mol. The molecule has 0 amide bonds. The van der Waals surface area contributed by atoms with Gasteiger partial charge in [0.15, 0.2) is 0 Å². The van der Waals surface area contributed by atoms with E-state index in [2.05, 4.69) is 11.0 Å². The molecule has 1 fully saturated rings. The van der Waals surface area contributed by atoms with Gasteiger partial charge in [0.25, 0.3) is 0 Å². The van der Waals surface area contributed by atoms with E-state index in [1.807, 2.05) is 6.07 Å². The maximum Gasteiger partial charge on any atom is 0.120 e. The van der Waals surface area contributed by atoms with Crippen molar-refractivity contribution in [3.05, 3.63) is 29.3 Å². The molecular formula is C12H16N2O. The fraction of sp³-hybridized carbons (Fsp3) is 0.500. The van der Waals surface area contributed by atoms with Crippen LogP contribution in [0.25, 0.3) is 0 Å². The number of nitrogens with two attached hydrogens (primary N) is 1. The molecular weight excluding hydrogens is 188 g/mol. The van der Waals surface area contributed by atoms with E-state index in [1.165, 1.54) is 12.8 Å². The van der Waals surface area contributed by atoms with Crippen LogP contribution in [0.3, 0.4) is 0 Å². The number of rotatable bonds is 0. The molecule has 1 aromatic carbocycles. The lowest BCUT2D eigenvalue weighted by Gasteiger charge is -2.36. The van der Waals surface area contributed by atoms with E-state index in [4.69, 9.17) is 5.73 Å². The average Bonchev–Trinajstić information content (AvgIpc) is 2.68. The monoisotopic (exact) mass is 204 g/mol. The lowest BCUT2D eigenvalue weighted by molar-refractivity contribution is 0.194. The van der Waals surface area contributed by atoms with Gasteiger partial charge in [-0.3, -0.25) is 4.90 Å². The van der Waals surface area contributed by atoms with Crippen molar-refractivity contribution in [1.82, 2.24) is 4.90 Å². The Morgan fingerprint density at radius 2 is 2.27 bits per heavy atom. The molecule has 3 rings (SSSR count). The standard InChI is InChI=1S/C12H16N2O/c13-12-8-3-1-5-11(15)9(8)7-14-6-2-4-10(12)14/h1,3,5,10,12,15H,2,4,6-7,13H2/t10-,12?/m0/s1. The fourth-order valence-corrected chi connectivity index (χ4v) is 2.94. The summed E-state index contributed by atoms with van der Waals surface area (Å²) in [5.41, 5.74) is 8.42. The molecule has 3 heteroatoms. The smallest absolute Gasteiger partial charge is 0.120 e. The minimum Gasteiger partial charge on any atom is -0.508 e. The molecule has 2 atom stereocenters. The van der Waals surface area contributed by atoms with Crippen LogP contribution in [-0.4, -0.2) is 22.6 Å². The Hall–Kier alpha value is -1.06. The predicted molar refractivity (Wildman–Crippen MR) is 58.5 cm³/mol. The van der Waals surface area contributed by atoms with E-state index in [-0.39, 0.29) is 6.04 Å². The van der Waals surface area contributed by atoms with Gasteiger partial charge in [-0.05, 0) is 31.0 Å². The fourth-order valence-electron chi connectivity index (χ4n) is 2.94. The Morgan fingerprint density at radius 1 is 1.40 bits per heavy atom. The number of hydrogen-bond donors (Lipinski definition) is 2. The first-order valence-electron chi connectivity index (χ1n) is 5.58. The summed E-state index contributed by atoms with van der Waals surface area (Å²) < 4.78 is 0. The molecule has 2 aliphatic heterocycles. The minimum absolute atomic E-state index is 0.0725. The van der Waals surface area contributed by atoms with Crippen LogP contribution in [0.15, 0.2) is 18.2 Å². The third-order valence-corrected chi connectivity index (χ3v) is 3.74. The lowest BCUT2D eigenvalue weighted by Crippen LogP contribution is -2.42. The second kappa shape index (κ2) is 3.22. The number of fused-ring (bicyclic) bond motifs is 2. The lowest BCUT2D eigenvalue weighted by atomic mass is 9.89. The van der Waals surface area contributed by atoms with Crippen molar-refractivity contribution in [2.75, 3.05) is 6.54 Å². The summed E-state index contributed by atoms with van der Waals surface area (Å²) in [7, 11) is 0. The predicted octanol–water partition coefficient (Wildman–Crippen LogP) is 1.37. The van der Waals surface area contributed by atoms with Gasteiger partial charge in [0.2, 0.25) is 0 Å². The van der Waals surface area contributed by atoms with Crippen LogP contribution in [0.1, 0.15) is 30.0 Å². The highest BCUT2D eigenvalue weighted by Gasteiger charge is 2.36. The van der Waals surface area contributed by atoms with Crippen LogP contribution in [0.2, 0.25) is 0 Å². The van der Waals surface area contributed by atoms with Crippen LogP contribution < -0.4 is 5.73 Å². The van der Waals surface area contributed by atoms with Gasteiger partial charge in [0.1, 0.15) is 5.75 Å². The molecule has 15 heavy (non-hydrogen) atoms. The first kappa shape index (κ1) is 9.19. The van der Waals surface area contributed by atoms with Crippen molar-refractivity contribution in [3.63, 3.8) is 0 Å². The molecule has 2 aliphatic rings. The van der Waals surface area contributed by atoms with E-state index in [0.29, 0.717) is 11.8 Å². The van der Waals surface area contributed by atoms with Crippen molar-refractivity contribution in [1.29, 1.82) is 0 Å². The largest absolute Gasteiger partial charge is 0.508 e. The minimum atomic E-state index is 0.0725. The van der Waals surface area contributed by atoms with Crippen molar-refractivity contribution >= 4 is 0 Å². The van der Waals surface area contributed by atoms with Crippen LogP contribution in [0.4, 0.5) is 0 Å². The van der Waals surface area contributed by atoms with Crippen LogP contribution >= 0.6 is 0 Å². The summed E-state index contributed by atoms with van der Waals surface area (Å²) in [5, 5.41) is 9.81. The molecule has 3 N–H and O–H groups in total. The zero-order valence-electron chi connectivity index (χ0n) is 8.69. The van der Waals surface area contributed by atoms with Gasteiger partial charge in [-0.25, -0.2) is 0 Å². The van der Waals surface area contributed by atoms with Crippen LogP contribution in [0.5, 0.6) is 5.75 Å². The molecule has 3 nitrogen and oxygen atoms in total. The highest BCUT2D eigenvalue weighted by atomic mass is 16.3. The number of aromatic hydroxyl groups is 1. The van der Waals surface area contributed by atoms with Crippen molar-refractivity contribution in [2.45, 2.75) is 31.5 Å². The highest BCUT2D eigenvalue weighted by Crippen LogP contribution is 2.38. The molecule has 1 aromatic rings. The SMILES string of the molecule is NC1c2cccc(O)c2CN2CCC[C@@H]12. The number of phenols is 1. The number of benzene rings is 1. The Morgan fingerprint density at radius 3 is 3.13 bits per heavy atom. The molecule has 2 heterocycles. The molecule has 1 saturated heterocycles. The Balaban J connectivity index is 2.08. The maximum atomic E-state index is 9.81. The van der Waals surface area contributed by atoms with Gasteiger partial charge in [-0.15, -0.1) is 0 Å². The van der Waals surface area contributed by atoms with E-state index in [0.717, 1.165) is 24.2 Å². The zero-order chi connectivity index (χ0) is 10.4. The first-order valence-corrected chi connectivity index (χ1v) is 5.58. The number of phenolic OH excluding ortho intramolecular Hbond substituents is 1. The summed E-state index contributed by atoms with van der Waals surface area (Å²) in [4.78, 5) is 2.40. The van der Waals surface area contributed by atoms with Gasteiger partial charge in [-0.1, -0.05) is 12.1 Å². The second-order valence-corrected chi connectivity index (χ2v) is 4.55. The maximum absolute atomic E-state index is 9.81.